The van der Waals surface area contributed by atoms with Gasteiger partial charge >= 0.3 is 0 Å². The lowest BCUT2D eigenvalue weighted by atomic mass is 10.0. The number of hydrazone groups is 1. The summed E-state index contributed by atoms with van der Waals surface area (Å²) in [5.41, 5.74) is 2.30. The van der Waals surface area contributed by atoms with Crippen LogP contribution in [0, 0.1) is 0 Å². The lowest BCUT2D eigenvalue weighted by Gasteiger charge is -2.33. The average molecular weight is 389 g/mol. The molecule has 1 aliphatic rings. The number of piperazine rings is 1. The molecule has 1 saturated heterocycles. The molecular formula is C24H27N3O2. The van der Waals surface area contributed by atoms with Crippen LogP contribution in [0.25, 0.3) is 10.8 Å². The minimum Gasteiger partial charge on any atom is -0.504 e. The molecule has 1 N–H and O–H groups in total. The van der Waals surface area contributed by atoms with Crippen molar-refractivity contribution in [2.75, 3.05) is 32.8 Å². The van der Waals surface area contributed by atoms with E-state index >= 15 is 0 Å². The predicted octanol–water partition coefficient (Wildman–Crippen LogP) is 4.10. The summed E-state index contributed by atoms with van der Waals surface area (Å²) in [6.45, 7) is 7.16. The zero-order chi connectivity index (χ0) is 20.1. The SMILES string of the molecule is CCOc1cc(/C=N\N2CCN(Cc3cccc4ccccc34)CC2)ccc1O. The Kier molecular flexibility index (Phi) is 5.96. The molecule has 5 nitrogen and oxygen atoms in total. The first-order valence-corrected chi connectivity index (χ1v) is 10.2. The second kappa shape index (κ2) is 8.97. The van der Waals surface area contributed by atoms with Gasteiger partial charge in [0, 0.05) is 32.7 Å². The van der Waals surface area contributed by atoms with Gasteiger partial charge in [0.15, 0.2) is 11.5 Å². The van der Waals surface area contributed by atoms with Gasteiger partial charge in [-0.15, -0.1) is 0 Å². The quantitative estimate of drug-likeness (QED) is 0.645. The molecule has 0 unspecified atom stereocenters. The first kappa shape index (κ1) is 19.3. The van der Waals surface area contributed by atoms with Crippen molar-refractivity contribution in [3.63, 3.8) is 0 Å². The van der Waals surface area contributed by atoms with Crippen molar-refractivity contribution in [3.8, 4) is 11.5 Å². The number of fused-ring (bicyclic) bond motifs is 1. The molecule has 0 aliphatic carbocycles. The minimum atomic E-state index is 0.158. The van der Waals surface area contributed by atoms with Crippen molar-refractivity contribution in [1.29, 1.82) is 0 Å². The van der Waals surface area contributed by atoms with Crippen molar-refractivity contribution < 1.29 is 9.84 Å². The maximum absolute atomic E-state index is 9.81. The van der Waals surface area contributed by atoms with Crippen molar-refractivity contribution in [3.05, 3.63) is 71.8 Å². The molecule has 0 spiro atoms. The highest BCUT2D eigenvalue weighted by Gasteiger charge is 2.16. The summed E-state index contributed by atoms with van der Waals surface area (Å²) >= 11 is 0. The van der Waals surface area contributed by atoms with Gasteiger partial charge in [-0.05, 0) is 47.0 Å². The Labute approximate surface area is 171 Å². The van der Waals surface area contributed by atoms with Gasteiger partial charge in [0.25, 0.3) is 0 Å². The second-order valence-electron chi connectivity index (χ2n) is 7.27. The first-order valence-electron chi connectivity index (χ1n) is 10.2. The summed E-state index contributed by atoms with van der Waals surface area (Å²) in [6.07, 6.45) is 1.84. The standard InChI is InChI=1S/C24H27N3O2/c1-2-29-24-16-19(10-11-23(24)28)17-25-27-14-12-26(13-15-27)18-21-8-5-7-20-6-3-4-9-22(20)21/h3-11,16-17,28H,2,12-15,18H2,1H3/b25-17-. The van der Waals surface area contributed by atoms with Crippen LogP contribution in [0.4, 0.5) is 0 Å². The van der Waals surface area contributed by atoms with Crippen LogP contribution in [0.2, 0.25) is 0 Å². The van der Waals surface area contributed by atoms with Gasteiger partial charge in [0.1, 0.15) is 0 Å². The zero-order valence-electron chi connectivity index (χ0n) is 16.8. The van der Waals surface area contributed by atoms with Crippen LogP contribution in [0.15, 0.2) is 65.8 Å². The van der Waals surface area contributed by atoms with E-state index in [2.05, 4.69) is 57.5 Å². The highest BCUT2D eigenvalue weighted by molar-refractivity contribution is 5.85. The number of phenols is 1. The molecule has 1 fully saturated rings. The van der Waals surface area contributed by atoms with Gasteiger partial charge in [0.05, 0.1) is 12.8 Å². The van der Waals surface area contributed by atoms with Gasteiger partial charge in [-0.25, -0.2) is 0 Å². The van der Waals surface area contributed by atoms with Crippen molar-refractivity contribution >= 4 is 17.0 Å². The molecule has 29 heavy (non-hydrogen) atoms. The lowest BCUT2D eigenvalue weighted by Crippen LogP contribution is -2.43. The van der Waals surface area contributed by atoms with E-state index in [1.807, 2.05) is 25.3 Å². The maximum Gasteiger partial charge on any atom is 0.161 e. The van der Waals surface area contributed by atoms with Crippen LogP contribution in [0.3, 0.4) is 0 Å². The maximum atomic E-state index is 9.81. The Morgan fingerprint density at radius 1 is 1.00 bits per heavy atom. The Morgan fingerprint density at radius 2 is 1.79 bits per heavy atom. The highest BCUT2D eigenvalue weighted by Crippen LogP contribution is 2.26. The van der Waals surface area contributed by atoms with E-state index in [9.17, 15) is 5.11 Å². The number of hydrogen-bond donors (Lipinski definition) is 1. The summed E-state index contributed by atoms with van der Waals surface area (Å²) in [5.74, 6) is 0.655. The lowest BCUT2D eigenvalue weighted by molar-refractivity contribution is 0.131. The number of benzene rings is 3. The third-order valence-electron chi connectivity index (χ3n) is 5.28. The summed E-state index contributed by atoms with van der Waals surface area (Å²) < 4.78 is 5.44. The smallest absolute Gasteiger partial charge is 0.161 e. The molecule has 0 bridgehead atoms. The van der Waals surface area contributed by atoms with E-state index in [0.717, 1.165) is 38.3 Å². The fourth-order valence-electron chi connectivity index (χ4n) is 3.71. The molecule has 150 valence electrons. The van der Waals surface area contributed by atoms with Crippen molar-refractivity contribution in [2.45, 2.75) is 13.5 Å². The third kappa shape index (κ3) is 4.69. The van der Waals surface area contributed by atoms with Gasteiger partial charge in [-0.1, -0.05) is 42.5 Å². The number of phenolic OH excluding ortho intramolecular Hbond substituents is 1. The summed E-state index contributed by atoms with van der Waals surface area (Å²) in [4.78, 5) is 2.49. The molecule has 0 saturated carbocycles. The summed E-state index contributed by atoms with van der Waals surface area (Å²) in [6, 6.07) is 20.4. The number of aromatic hydroxyl groups is 1. The molecular weight excluding hydrogens is 362 g/mol. The Morgan fingerprint density at radius 3 is 2.62 bits per heavy atom. The number of hydrogen-bond acceptors (Lipinski definition) is 5. The molecule has 0 aromatic heterocycles. The van der Waals surface area contributed by atoms with Crippen LogP contribution < -0.4 is 4.74 Å². The van der Waals surface area contributed by atoms with Crippen LogP contribution in [-0.4, -0.2) is 54.0 Å². The van der Waals surface area contributed by atoms with Crippen LogP contribution in [0.1, 0.15) is 18.1 Å². The Hall–Kier alpha value is -3.05. The first-order chi connectivity index (χ1) is 14.2. The summed E-state index contributed by atoms with van der Waals surface area (Å²) in [5, 5.41) is 19.2. The average Bonchev–Trinajstić information content (AvgIpc) is 2.76. The van der Waals surface area contributed by atoms with E-state index in [1.54, 1.807) is 6.07 Å². The Bertz CT molecular complexity index is 989. The normalized spacial score (nSPS) is 15.3. The fourth-order valence-corrected chi connectivity index (χ4v) is 3.71. The molecule has 1 heterocycles. The second-order valence-corrected chi connectivity index (χ2v) is 7.27. The van der Waals surface area contributed by atoms with Gasteiger partial charge in [0.2, 0.25) is 0 Å². The molecule has 5 heteroatoms. The molecule has 3 aromatic rings. The monoisotopic (exact) mass is 389 g/mol. The van der Waals surface area contributed by atoms with E-state index in [4.69, 9.17) is 4.74 Å². The van der Waals surface area contributed by atoms with Crippen LogP contribution in [-0.2, 0) is 6.54 Å². The van der Waals surface area contributed by atoms with Crippen molar-refractivity contribution in [2.24, 2.45) is 5.10 Å². The number of ether oxygens (including phenoxy) is 1. The van der Waals surface area contributed by atoms with Crippen LogP contribution >= 0.6 is 0 Å². The highest BCUT2D eigenvalue weighted by atomic mass is 16.5. The fraction of sp³-hybridized carbons (Fsp3) is 0.292. The molecule has 1 aliphatic heterocycles. The summed E-state index contributed by atoms with van der Waals surface area (Å²) in [7, 11) is 0. The van der Waals surface area contributed by atoms with Crippen molar-refractivity contribution in [1.82, 2.24) is 9.91 Å². The van der Waals surface area contributed by atoms with Crippen LogP contribution in [0.5, 0.6) is 11.5 Å². The van der Waals surface area contributed by atoms with E-state index in [1.165, 1.54) is 16.3 Å². The van der Waals surface area contributed by atoms with Gasteiger partial charge < -0.3 is 9.84 Å². The zero-order valence-corrected chi connectivity index (χ0v) is 16.8. The topological polar surface area (TPSA) is 48.3 Å². The Balaban J connectivity index is 1.35. The molecule has 3 aromatic carbocycles. The number of rotatable bonds is 6. The molecule has 0 atom stereocenters. The van der Waals surface area contributed by atoms with Gasteiger partial charge in [-0.3, -0.25) is 9.91 Å². The molecule has 0 radical (unpaired) electrons. The van der Waals surface area contributed by atoms with E-state index in [-0.39, 0.29) is 5.75 Å². The number of nitrogens with zero attached hydrogens (tertiary/aromatic N) is 3. The largest absolute Gasteiger partial charge is 0.504 e. The predicted molar refractivity (Wildman–Crippen MR) is 118 cm³/mol. The molecule has 4 rings (SSSR count). The third-order valence-corrected chi connectivity index (χ3v) is 5.28. The van der Waals surface area contributed by atoms with E-state index in [0.29, 0.717) is 12.4 Å². The minimum absolute atomic E-state index is 0.158. The van der Waals surface area contributed by atoms with Gasteiger partial charge in [-0.2, -0.15) is 5.10 Å². The molecule has 0 amide bonds. The van der Waals surface area contributed by atoms with E-state index < -0.39 is 0 Å².